The summed E-state index contributed by atoms with van der Waals surface area (Å²) in [7, 11) is 0. The Kier molecular flexibility index (Phi) is 5.02. The first-order valence-electron chi connectivity index (χ1n) is 7.46. The van der Waals surface area contributed by atoms with E-state index in [1.165, 1.54) is 12.1 Å². The van der Waals surface area contributed by atoms with Crippen LogP contribution in [0.5, 0.6) is 0 Å². The minimum atomic E-state index is -0.320. The first kappa shape index (κ1) is 16.3. The Hall–Kier alpha value is -2.52. The summed E-state index contributed by atoms with van der Waals surface area (Å²) in [5, 5.41) is 0. The monoisotopic (exact) mass is 380 g/mol. The van der Waals surface area contributed by atoms with Crippen LogP contribution in [0.25, 0.3) is 17.2 Å². The molecule has 118 valence electrons. The molecule has 0 unspecified atom stereocenters. The zero-order chi connectivity index (χ0) is 16.9. The predicted octanol–water partition coefficient (Wildman–Crippen LogP) is 6.15. The van der Waals surface area contributed by atoms with E-state index in [-0.39, 0.29) is 11.6 Å². The largest absolute Gasteiger partial charge is 0.289 e. The van der Waals surface area contributed by atoms with E-state index in [2.05, 4.69) is 15.9 Å². The maximum Gasteiger partial charge on any atom is 0.186 e. The Morgan fingerprint density at radius 2 is 1.71 bits per heavy atom. The average Bonchev–Trinajstić information content (AvgIpc) is 2.60. The van der Waals surface area contributed by atoms with E-state index in [0.717, 1.165) is 15.6 Å². The van der Waals surface area contributed by atoms with Crippen molar-refractivity contribution in [2.45, 2.75) is 0 Å². The molecule has 3 heteroatoms. The van der Waals surface area contributed by atoms with Crippen LogP contribution in [0.2, 0.25) is 0 Å². The molecule has 0 aliphatic heterocycles. The van der Waals surface area contributed by atoms with Gasteiger partial charge in [0, 0.05) is 10.0 Å². The van der Waals surface area contributed by atoms with E-state index in [4.69, 9.17) is 0 Å². The molecule has 0 saturated heterocycles. The Labute approximate surface area is 148 Å². The van der Waals surface area contributed by atoms with Crippen molar-refractivity contribution in [3.8, 4) is 11.1 Å². The summed E-state index contributed by atoms with van der Waals surface area (Å²) in [6.45, 7) is 0. The lowest BCUT2D eigenvalue weighted by molar-refractivity contribution is 0.104. The van der Waals surface area contributed by atoms with Crippen LogP contribution in [-0.2, 0) is 0 Å². The fourth-order valence-electron chi connectivity index (χ4n) is 2.48. The average molecular weight is 381 g/mol. The van der Waals surface area contributed by atoms with E-state index in [1.807, 2.05) is 42.5 Å². The molecule has 0 aromatic heterocycles. The number of carbonyl (C=O) groups is 1. The maximum absolute atomic E-state index is 13.5. The van der Waals surface area contributed by atoms with Crippen LogP contribution in [0.1, 0.15) is 15.9 Å². The molecule has 0 radical (unpaired) electrons. The number of benzene rings is 3. The second-order valence-corrected chi connectivity index (χ2v) is 6.22. The van der Waals surface area contributed by atoms with Gasteiger partial charge in [0.05, 0.1) is 0 Å². The SMILES string of the molecule is O=C(/C=C/c1cccc(Br)c1)c1ccccc1-c1cccc(F)c1. The van der Waals surface area contributed by atoms with Crippen LogP contribution in [0, 0.1) is 5.82 Å². The van der Waals surface area contributed by atoms with Crippen molar-refractivity contribution in [1.82, 2.24) is 0 Å². The second kappa shape index (κ2) is 7.37. The van der Waals surface area contributed by atoms with Crippen molar-refractivity contribution >= 4 is 27.8 Å². The third-order valence-corrected chi connectivity index (χ3v) is 4.10. The molecule has 1 nitrogen and oxygen atoms in total. The van der Waals surface area contributed by atoms with Crippen LogP contribution in [0.4, 0.5) is 4.39 Å². The molecule has 0 atom stereocenters. The molecule has 3 rings (SSSR count). The zero-order valence-electron chi connectivity index (χ0n) is 12.7. The standard InChI is InChI=1S/C21H14BrFO/c22-17-7-3-5-15(13-17)11-12-21(24)20-10-2-1-9-19(20)16-6-4-8-18(23)14-16/h1-14H/b12-11+. The van der Waals surface area contributed by atoms with Crippen LogP contribution in [-0.4, -0.2) is 5.78 Å². The van der Waals surface area contributed by atoms with E-state index in [0.29, 0.717) is 11.1 Å². The molecule has 0 saturated carbocycles. The topological polar surface area (TPSA) is 17.1 Å². The van der Waals surface area contributed by atoms with Gasteiger partial charge in [0.25, 0.3) is 0 Å². The smallest absolute Gasteiger partial charge is 0.186 e. The van der Waals surface area contributed by atoms with Gasteiger partial charge in [-0.3, -0.25) is 4.79 Å². The predicted molar refractivity (Wildman–Crippen MR) is 99.3 cm³/mol. The van der Waals surface area contributed by atoms with Gasteiger partial charge in [0.2, 0.25) is 0 Å². The van der Waals surface area contributed by atoms with Gasteiger partial charge in [-0.05, 0) is 47.0 Å². The van der Waals surface area contributed by atoms with E-state index in [1.54, 1.807) is 30.4 Å². The highest BCUT2D eigenvalue weighted by Crippen LogP contribution is 2.25. The molecule has 0 bridgehead atoms. The molecule has 0 heterocycles. The summed E-state index contributed by atoms with van der Waals surface area (Å²) >= 11 is 3.41. The fraction of sp³-hybridized carbons (Fsp3) is 0. The molecular formula is C21H14BrFO. The van der Waals surface area contributed by atoms with Crippen LogP contribution < -0.4 is 0 Å². The number of ketones is 1. The fourth-order valence-corrected chi connectivity index (χ4v) is 2.89. The summed E-state index contributed by atoms with van der Waals surface area (Å²) < 4.78 is 14.4. The van der Waals surface area contributed by atoms with Gasteiger partial charge in [-0.15, -0.1) is 0 Å². The van der Waals surface area contributed by atoms with Crippen molar-refractivity contribution in [3.05, 3.63) is 100 Å². The molecule has 0 spiro atoms. The van der Waals surface area contributed by atoms with Crippen molar-refractivity contribution in [3.63, 3.8) is 0 Å². The number of carbonyl (C=O) groups excluding carboxylic acids is 1. The quantitative estimate of drug-likeness (QED) is 0.391. The van der Waals surface area contributed by atoms with Crippen molar-refractivity contribution in [2.24, 2.45) is 0 Å². The first-order valence-corrected chi connectivity index (χ1v) is 8.26. The van der Waals surface area contributed by atoms with Gasteiger partial charge in [-0.1, -0.05) is 70.5 Å². The number of hydrogen-bond acceptors (Lipinski definition) is 1. The summed E-state index contributed by atoms with van der Waals surface area (Å²) in [5.74, 6) is -0.436. The lowest BCUT2D eigenvalue weighted by atomic mass is 9.96. The van der Waals surface area contributed by atoms with E-state index >= 15 is 0 Å². The maximum atomic E-state index is 13.5. The summed E-state index contributed by atoms with van der Waals surface area (Å²) in [6, 6.07) is 21.2. The Morgan fingerprint density at radius 3 is 2.50 bits per heavy atom. The second-order valence-electron chi connectivity index (χ2n) is 5.31. The molecule has 0 N–H and O–H groups in total. The number of hydrogen-bond donors (Lipinski definition) is 0. The van der Waals surface area contributed by atoms with Crippen LogP contribution >= 0.6 is 15.9 Å². The van der Waals surface area contributed by atoms with Crippen LogP contribution in [0.15, 0.2) is 83.3 Å². The Balaban J connectivity index is 1.93. The Morgan fingerprint density at radius 1 is 0.917 bits per heavy atom. The number of halogens is 2. The van der Waals surface area contributed by atoms with Gasteiger partial charge < -0.3 is 0 Å². The van der Waals surface area contributed by atoms with Crippen molar-refractivity contribution in [1.29, 1.82) is 0 Å². The third kappa shape index (κ3) is 3.87. The molecule has 0 amide bonds. The highest BCUT2D eigenvalue weighted by atomic mass is 79.9. The van der Waals surface area contributed by atoms with Gasteiger partial charge >= 0.3 is 0 Å². The number of allylic oxidation sites excluding steroid dienone is 1. The van der Waals surface area contributed by atoms with E-state index in [9.17, 15) is 9.18 Å². The van der Waals surface area contributed by atoms with Crippen molar-refractivity contribution in [2.75, 3.05) is 0 Å². The summed E-state index contributed by atoms with van der Waals surface area (Å²) in [4.78, 5) is 12.6. The van der Waals surface area contributed by atoms with E-state index < -0.39 is 0 Å². The third-order valence-electron chi connectivity index (χ3n) is 3.60. The molecule has 0 aliphatic carbocycles. The van der Waals surface area contributed by atoms with Gasteiger partial charge in [-0.2, -0.15) is 0 Å². The minimum absolute atomic E-state index is 0.116. The normalized spacial score (nSPS) is 10.9. The molecule has 3 aromatic carbocycles. The Bertz CT molecular complexity index is 915. The van der Waals surface area contributed by atoms with Crippen molar-refractivity contribution < 1.29 is 9.18 Å². The highest BCUT2D eigenvalue weighted by Gasteiger charge is 2.10. The highest BCUT2D eigenvalue weighted by molar-refractivity contribution is 9.10. The molecule has 0 aliphatic rings. The van der Waals surface area contributed by atoms with Crippen LogP contribution in [0.3, 0.4) is 0 Å². The lowest BCUT2D eigenvalue weighted by Crippen LogP contribution is -1.98. The molecular weight excluding hydrogens is 367 g/mol. The minimum Gasteiger partial charge on any atom is -0.289 e. The van der Waals surface area contributed by atoms with Gasteiger partial charge in [0.1, 0.15) is 5.82 Å². The molecule has 0 fully saturated rings. The summed E-state index contributed by atoms with van der Waals surface area (Å²) in [5.41, 5.74) is 2.89. The summed E-state index contributed by atoms with van der Waals surface area (Å²) in [6.07, 6.45) is 3.31. The molecule has 24 heavy (non-hydrogen) atoms. The van der Waals surface area contributed by atoms with Gasteiger partial charge in [-0.25, -0.2) is 4.39 Å². The molecule has 3 aromatic rings. The van der Waals surface area contributed by atoms with Gasteiger partial charge in [0.15, 0.2) is 5.78 Å². The lowest BCUT2D eigenvalue weighted by Gasteiger charge is -2.07. The zero-order valence-corrected chi connectivity index (χ0v) is 14.3. The number of rotatable bonds is 4. The first-order chi connectivity index (χ1) is 11.6.